The monoisotopic (exact) mass is 315 g/mol. The summed E-state index contributed by atoms with van der Waals surface area (Å²) in [5, 5.41) is 4.11. The van der Waals surface area contributed by atoms with Gasteiger partial charge in [0.05, 0.1) is 26.4 Å². The quantitative estimate of drug-likeness (QED) is 0.628. The van der Waals surface area contributed by atoms with Crippen LogP contribution in [0.3, 0.4) is 0 Å². The molecule has 0 radical (unpaired) electrons. The molecule has 1 N–H and O–H groups in total. The van der Waals surface area contributed by atoms with Gasteiger partial charge in [0.1, 0.15) is 6.10 Å². The van der Waals surface area contributed by atoms with Crippen LogP contribution in [-0.2, 0) is 9.47 Å². The molecule has 2 fully saturated rings. The van der Waals surface area contributed by atoms with Crippen molar-refractivity contribution in [3.8, 4) is 0 Å². The van der Waals surface area contributed by atoms with Gasteiger partial charge in [-0.1, -0.05) is 13.8 Å². The Labute approximate surface area is 132 Å². The molecule has 21 heavy (non-hydrogen) atoms. The van der Waals surface area contributed by atoms with E-state index < -0.39 is 0 Å². The molecule has 2 aliphatic heterocycles. The lowest BCUT2D eigenvalue weighted by atomic mass is 10.1. The van der Waals surface area contributed by atoms with E-state index in [2.05, 4.69) is 42.7 Å². The van der Waals surface area contributed by atoms with E-state index in [0.29, 0.717) is 37.5 Å². The van der Waals surface area contributed by atoms with Crippen LogP contribution in [-0.4, -0.2) is 74.0 Å². The lowest BCUT2D eigenvalue weighted by Gasteiger charge is -2.36. The molecule has 2 saturated heterocycles. The van der Waals surface area contributed by atoms with Crippen LogP contribution in [0.4, 0.5) is 0 Å². The lowest BCUT2D eigenvalue weighted by molar-refractivity contribution is -0.0833. The highest BCUT2D eigenvalue weighted by atomic mass is 32.2. The summed E-state index contributed by atoms with van der Waals surface area (Å²) in [6.45, 7) is 12.5. The van der Waals surface area contributed by atoms with E-state index in [4.69, 9.17) is 14.5 Å². The summed E-state index contributed by atoms with van der Waals surface area (Å²) in [5.41, 5.74) is 0. The van der Waals surface area contributed by atoms with Gasteiger partial charge in [0, 0.05) is 30.6 Å². The van der Waals surface area contributed by atoms with Crippen molar-refractivity contribution < 1.29 is 9.47 Å². The zero-order valence-electron chi connectivity index (χ0n) is 13.5. The first-order valence-corrected chi connectivity index (χ1v) is 9.09. The number of nitrogens with zero attached hydrogens (tertiary/aromatic N) is 2. The Kier molecular flexibility index (Phi) is 7.13. The molecule has 0 aromatic rings. The fraction of sp³-hybridized carbons (Fsp3) is 0.933. The van der Waals surface area contributed by atoms with Crippen molar-refractivity contribution in [1.82, 2.24) is 10.2 Å². The van der Waals surface area contributed by atoms with Crippen LogP contribution in [0.5, 0.6) is 0 Å². The molecular weight excluding hydrogens is 286 g/mol. The number of nitrogens with one attached hydrogen (secondary N) is 1. The minimum Gasteiger partial charge on any atom is -0.376 e. The molecule has 0 amide bonds. The van der Waals surface area contributed by atoms with Gasteiger partial charge < -0.3 is 19.7 Å². The fourth-order valence-electron chi connectivity index (χ4n) is 2.53. The molecule has 6 heteroatoms. The normalized spacial score (nSPS) is 28.0. The Hall–Kier alpha value is -0.460. The summed E-state index contributed by atoms with van der Waals surface area (Å²) in [7, 11) is 0. The van der Waals surface area contributed by atoms with Crippen LogP contribution in [0.15, 0.2) is 4.99 Å². The van der Waals surface area contributed by atoms with Gasteiger partial charge >= 0.3 is 0 Å². The molecule has 122 valence electrons. The summed E-state index contributed by atoms with van der Waals surface area (Å²) in [5.74, 6) is 2.91. The van der Waals surface area contributed by atoms with Gasteiger partial charge in [-0.2, -0.15) is 11.8 Å². The van der Waals surface area contributed by atoms with Crippen LogP contribution in [0.1, 0.15) is 20.8 Å². The Balaban J connectivity index is 1.92. The predicted molar refractivity (Wildman–Crippen MR) is 89.2 cm³/mol. The van der Waals surface area contributed by atoms with Gasteiger partial charge in [0.25, 0.3) is 0 Å². The minimum atomic E-state index is 0.104. The van der Waals surface area contributed by atoms with Crippen molar-refractivity contribution in [2.45, 2.75) is 32.1 Å². The number of hydrogen-bond donors (Lipinski definition) is 1. The summed E-state index contributed by atoms with van der Waals surface area (Å²) in [6, 6.07) is 0. The second-order valence-corrected chi connectivity index (χ2v) is 7.21. The third-order valence-electron chi connectivity index (χ3n) is 3.80. The molecule has 0 aromatic carbocycles. The first-order chi connectivity index (χ1) is 10.2. The van der Waals surface area contributed by atoms with Gasteiger partial charge in [0.2, 0.25) is 0 Å². The SMILES string of the molecule is CCNC(=NCC1COCCO1)N1CCSC(C(C)C)C1. The third kappa shape index (κ3) is 5.34. The number of ether oxygens (including phenoxy) is 2. The molecule has 2 heterocycles. The summed E-state index contributed by atoms with van der Waals surface area (Å²) in [4.78, 5) is 7.17. The predicted octanol–water partition coefficient (Wildman–Crippen LogP) is 1.44. The van der Waals surface area contributed by atoms with E-state index in [0.717, 1.165) is 25.6 Å². The van der Waals surface area contributed by atoms with Crippen LogP contribution in [0.2, 0.25) is 0 Å². The van der Waals surface area contributed by atoms with Crippen LogP contribution in [0.25, 0.3) is 0 Å². The van der Waals surface area contributed by atoms with Crippen molar-refractivity contribution in [2.75, 3.05) is 51.8 Å². The lowest BCUT2D eigenvalue weighted by Crippen LogP contribution is -2.49. The van der Waals surface area contributed by atoms with Gasteiger partial charge in [-0.05, 0) is 12.8 Å². The Morgan fingerprint density at radius 2 is 2.29 bits per heavy atom. The molecule has 0 saturated carbocycles. The van der Waals surface area contributed by atoms with Crippen molar-refractivity contribution in [3.05, 3.63) is 0 Å². The van der Waals surface area contributed by atoms with Gasteiger partial charge in [-0.15, -0.1) is 0 Å². The Morgan fingerprint density at radius 1 is 1.43 bits per heavy atom. The topological polar surface area (TPSA) is 46.1 Å². The number of aliphatic imine (C=N–C) groups is 1. The molecule has 2 unspecified atom stereocenters. The van der Waals surface area contributed by atoms with E-state index in [1.54, 1.807) is 0 Å². The van der Waals surface area contributed by atoms with Crippen LogP contribution < -0.4 is 5.32 Å². The Morgan fingerprint density at radius 3 is 2.95 bits per heavy atom. The fourth-order valence-corrected chi connectivity index (χ4v) is 3.83. The van der Waals surface area contributed by atoms with Crippen molar-refractivity contribution in [3.63, 3.8) is 0 Å². The standard InChI is InChI=1S/C15H29N3O2S/c1-4-16-15(17-9-13-11-19-6-7-20-13)18-5-8-21-14(10-18)12(2)3/h12-14H,4-11H2,1-3H3,(H,16,17). The minimum absolute atomic E-state index is 0.104. The van der Waals surface area contributed by atoms with Gasteiger partial charge in [0.15, 0.2) is 5.96 Å². The first kappa shape index (κ1) is 16.9. The molecule has 2 rings (SSSR count). The summed E-state index contributed by atoms with van der Waals surface area (Å²) < 4.78 is 11.1. The average molecular weight is 315 g/mol. The molecule has 2 aliphatic rings. The third-order valence-corrected chi connectivity index (χ3v) is 5.34. The highest BCUT2D eigenvalue weighted by Crippen LogP contribution is 2.24. The highest BCUT2D eigenvalue weighted by molar-refractivity contribution is 8.00. The second kappa shape index (κ2) is 8.86. The molecule has 5 nitrogen and oxygen atoms in total. The van der Waals surface area contributed by atoms with Crippen LogP contribution >= 0.6 is 11.8 Å². The zero-order valence-corrected chi connectivity index (χ0v) is 14.3. The number of thioether (sulfide) groups is 1. The molecule has 2 atom stereocenters. The van der Waals surface area contributed by atoms with Crippen molar-refractivity contribution in [1.29, 1.82) is 0 Å². The molecule has 0 aliphatic carbocycles. The zero-order chi connectivity index (χ0) is 15.1. The summed E-state index contributed by atoms with van der Waals surface area (Å²) in [6.07, 6.45) is 0.104. The van der Waals surface area contributed by atoms with Crippen molar-refractivity contribution >= 4 is 17.7 Å². The number of rotatable bonds is 4. The Bertz CT molecular complexity index is 333. The smallest absolute Gasteiger partial charge is 0.194 e. The van der Waals surface area contributed by atoms with Crippen LogP contribution in [0, 0.1) is 5.92 Å². The largest absolute Gasteiger partial charge is 0.376 e. The maximum Gasteiger partial charge on any atom is 0.194 e. The molecular formula is C15H29N3O2S. The van der Waals surface area contributed by atoms with E-state index in [-0.39, 0.29) is 6.10 Å². The molecule has 0 aromatic heterocycles. The van der Waals surface area contributed by atoms with Crippen molar-refractivity contribution in [2.24, 2.45) is 10.9 Å². The van der Waals surface area contributed by atoms with E-state index in [1.807, 2.05) is 0 Å². The maximum absolute atomic E-state index is 5.67. The number of hydrogen-bond acceptors (Lipinski definition) is 4. The summed E-state index contributed by atoms with van der Waals surface area (Å²) >= 11 is 2.09. The average Bonchev–Trinajstić information content (AvgIpc) is 2.52. The maximum atomic E-state index is 5.67. The van der Waals surface area contributed by atoms with E-state index in [9.17, 15) is 0 Å². The first-order valence-electron chi connectivity index (χ1n) is 8.05. The second-order valence-electron chi connectivity index (χ2n) is 5.86. The molecule has 0 spiro atoms. The van der Waals surface area contributed by atoms with E-state index in [1.165, 1.54) is 5.75 Å². The van der Waals surface area contributed by atoms with Gasteiger partial charge in [-0.25, -0.2) is 0 Å². The van der Waals surface area contributed by atoms with Gasteiger partial charge in [-0.3, -0.25) is 4.99 Å². The number of guanidine groups is 1. The molecule has 0 bridgehead atoms. The van der Waals surface area contributed by atoms with E-state index >= 15 is 0 Å². The highest BCUT2D eigenvalue weighted by Gasteiger charge is 2.25.